The number of aromatic nitrogens is 2. The summed E-state index contributed by atoms with van der Waals surface area (Å²) in [6, 6.07) is 13.3. The Bertz CT molecular complexity index is 1540. The summed E-state index contributed by atoms with van der Waals surface area (Å²) in [5.41, 5.74) is 1.09. The highest BCUT2D eigenvalue weighted by Crippen LogP contribution is 2.25. The highest BCUT2D eigenvalue weighted by molar-refractivity contribution is 7.89. The van der Waals surface area contributed by atoms with Crippen LogP contribution in [-0.2, 0) is 21.4 Å². The average molecular weight is 481 g/mol. The van der Waals surface area contributed by atoms with Crippen molar-refractivity contribution in [3.8, 4) is 0 Å². The summed E-state index contributed by atoms with van der Waals surface area (Å²) < 4.78 is 34.1. The molecule has 1 amide bonds. The number of nitrogens with zero attached hydrogens (tertiary/aromatic N) is 3. The van der Waals surface area contributed by atoms with Gasteiger partial charge in [0.05, 0.1) is 11.2 Å². The van der Waals surface area contributed by atoms with Crippen LogP contribution in [0.5, 0.6) is 0 Å². The second kappa shape index (κ2) is 8.69. The van der Waals surface area contributed by atoms with Crippen LogP contribution in [0, 0.1) is 5.92 Å². The molecule has 5 rings (SSSR count). The van der Waals surface area contributed by atoms with Gasteiger partial charge >= 0.3 is 0 Å². The van der Waals surface area contributed by atoms with Gasteiger partial charge < -0.3 is 9.73 Å². The number of sulfonamides is 1. The molecule has 1 aliphatic rings. The van der Waals surface area contributed by atoms with Gasteiger partial charge in [-0.3, -0.25) is 14.2 Å². The lowest BCUT2D eigenvalue weighted by atomic mass is 10.0. The molecule has 1 aliphatic heterocycles. The van der Waals surface area contributed by atoms with Crippen LogP contribution in [0.3, 0.4) is 0 Å². The molecule has 0 saturated carbocycles. The lowest BCUT2D eigenvalue weighted by Gasteiger charge is -2.30. The zero-order valence-corrected chi connectivity index (χ0v) is 19.4. The van der Waals surface area contributed by atoms with Crippen LogP contribution in [0.25, 0.3) is 22.1 Å². The van der Waals surface area contributed by atoms with E-state index in [0.717, 1.165) is 18.2 Å². The van der Waals surface area contributed by atoms with Gasteiger partial charge in [-0.2, -0.15) is 4.31 Å². The predicted molar refractivity (Wildman–Crippen MR) is 128 cm³/mol. The lowest BCUT2D eigenvalue weighted by molar-refractivity contribution is -0.116. The predicted octanol–water partition coefficient (Wildman–Crippen LogP) is 3.20. The van der Waals surface area contributed by atoms with Crippen molar-refractivity contribution in [3.63, 3.8) is 0 Å². The van der Waals surface area contributed by atoms with Crippen LogP contribution in [-0.4, -0.2) is 41.3 Å². The van der Waals surface area contributed by atoms with Crippen molar-refractivity contribution >= 4 is 43.7 Å². The molecule has 0 radical (unpaired) electrons. The fourth-order valence-electron chi connectivity index (χ4n) is 4.31. The maximum atomic E-state index is 12.9. The molecule has 1 unspecified atom stereocenters. The summed E-state index contributed by atoms with van der Waals surface area (Å²) in [6.07, 6.45) is 3.20. The topological polar surface area (TPSA) is 115 Å². The molecule has 10 heteroatoms. The summed E-state index contributed by atoms with van der Waals surface area (Å²) in [4.78, 5) is 29.8. The first kappa shape index (κ1) is 22.3. The maximum Gasteiger partial charge on any atom is 0.297 e. The van der Waals surface area contributed by atoms with E-state index < -0.39 is 21.5 Å². The molecule has 0 spiro atoms. The monoisotopic (exact) mass is 480 g/mol. The van der Waals surface area contributed by atoms with Crippen LogP contribution >= 0.6 is 0 Å². The first-order valence-electron chi connectivity index (χ1n) is 11.1. The first-order valence-corrected chi connectivity index (χ1v) is 12.5. The van der Waals surface area contributed by atoms with Gasteiger partial charge in [-0.15, -0.1) is 0 Å². The minimum Gasteiger partial charge on any atom is -0.448 e. The largest absolute Gasteiger partial charge is 0.448 e. The third-order valence-electron chi connectivity index (χ3n) is 6.06. The number of carbonyl (C=O) groups is 1. The van der Waals surface area contributed by atoms with Crippen molar-refractivity contribution in [1.82, 2.24) is 13.9 Å². The van der Waals surface area contributed by atoms with Gasteiger partial charge in [0.2, 0.25) is 21.5 Å². The van der Waals surface area contributed by atoms with Crippen LogP contribution in [0.2, 0.25) is 0 Å². The molecule has 3 heterocycles. The number of furan rings is 1. The van der Waals surface area contributed by atoms with Crippen LogP contribution in [0.1, 0.15) is 19.8 Å². The minimum absolute atomic E-state index is 0.0955. The Morgan fingerprint density at radius 3 is 2.71 bits per heavy atom. The van der Waals surface area contributed by atoms with Crippen molar-refractivity contribution in [2.45, 2.75) is 31.2 Å². The number of hydrogen-bond acceptors (Lipinski definition) is 6. The zero-order chi connectivity index (χ0) is 23.9. The van der Waals surface area contributed by atoms with E-state index in [-0.39, 0.29) is 17.0 Å². The summed E-state index contributed by atoms with van der Waals surface area (Å²) in [6.45, 7) is 2.82. The molecule has 1 atom stereocenters. The normalized spacial score (nSPS) is 17.3. The van der Waals surface area contributed by atoms with Crippen molar-refractivity contribution < 1.29 is 17.6 Å². The number of benzene rings is 2. The number of carbonyl (C=O) groups excluding carboxylic acids is 1. The van der Waals surface area contributed by atoms with E-state index >= 15 is 0 Å². The van der Waals surface area contributed by atoms with Gasteiger partial charge in [-0.1, -0.05) is 19.1 Å². The molecule has 2 aromatic carbocycles. The van der Waals surface area contributed by atoms with Gasteiger partial charge in [0, 0.05) is 24.2 Å². The van der Waals surface area contributed by atoms with Gasteiger partial charge in [-0.05, 0) is 55.2 Å². The number of para-hydroxylation sites is 1. The summed E-state index contributed by atoms with van der Waals surface area (Å²) >= 11 is 0. The van der Waals surface area contributed by atoms with Crippen molar-refractivity contribution in [2.75, 3.05) is 18.4 Å². The Hall–Kier alpha value is -3.50. The van der Waals surface area contributed by atoms with E-state index in [1.165, 1.54) is 27.3 Å². The third-order valence-corrected chi connectivity index (χ3v) is 7.94. The summed E-state index contributed by atoms with van der Waals surface area (Å²) in [5.74, 6) is -0.112. The maximum absolute atomic E-state index is 12.9. The van der Waals surface area contributed by atoms with Gasteiger partial charge in [0.25, 0.3) is 5.56 Å². The smallest absolute Gasteiger partial charge is 0.297 e. The minimum atomic E-state index is -3.57. The second-order valence-corrected chi connectivity index (χ2v) is 10.6. The fraction of sp³-hybridized carbons (Fsp3) is 0.292. The van der Waals surface area contributed by atoms with Crippen molar-refractivity contribution in [2.24, 2.45) is 5.92 Å². The molecule has 34 heavy (non-hydrogen) atoms. The van der Waals surface area contributed by atoms with E-state index in [0.29, 0.717) is 35.8 Å². The molecule has 9 nitrogen and oxygen atoms in total. The lowest BCUT2D eigenvalue weighted by Crippen LogP contribution is -2.39. The third kappa shape index (κ3) is 4.10. The Balaban J connectivity index is 1.30. The van der Waals surface area contributed by atoms with Crippen LogP contribution in [0.15, 0.2) is 69.0 Å². The molecule has 2 aromatic heterocycles. The van der Waals surface area contributed by atoms with Gasteiger partial charge in [0.15, 0.2) is 0 Å². The summed E-state index contributed by atoms with van der Waals surface area (Å²) in [7, 11) is -3.57. The number of amides is 1. The molecular formula is C24H24N4O5S. The molecule has 4 aromatic rings. The second-order valence-electron chi connectivity index (χ2n) is 8.64. The van der Waals surface area contributed by atoms with Crippen LogP contribution < -0.4 is 10.9 Å². The van der Waals surface area contributed by atoms with E-state index in [9.17, 15) is 18.0 Å². The fourth-order valence-corrected chi connectivity index (χ4v) is 5.91. The molecule has 0 bridgehead atoms. The Morgan fingerprint density at radius 1 is 1.18 bits per heavy atom. The number of fused-ring (bicyclic) bond motifs is 3. The van der Waals surface area contributed by atoms with E-state index in [2.05, 4.69) is 10.3 Å². The quantitative estimate of drug-likeness (QED) is 0.469. The first-order chi connectivity index (χ1) is 16.3. The Morgan fingerprint density at radius 2 is 1.94 bits per heavy atom. The standard InChI is InChI=1S/C24H24N4O5S/c1-16-5-4-12-28(13-16)34(31,32)18-10-8-17(9-11-18)26-21(29)14-27-15-25-22-19-6-2-3-7-20(19)33-23(22)24(27)30/h2-3,6-11,15-16H,4-5,12-14H2,1H3,(H,26,29). The highest BCUT2D eigenvalue weighted by Gasteiger charge is 2.28. The molecule has 1 saturated heterocycles. The molecular weight excluding hydrogens is 456 g/mol. The molecule has 176 valence electrons. The van der Waals surface area contributed by atoms with Gasteiger partial charge in [0.1, 0.15) is 17.6 Å². The summed E-state index contributed by atoms with van der Waals surface area (Å²) in [5, 5.41) is 3.43. The Kier molecular flexibility index (Phi) is 5.70. The van der Waals surface area contributed by atoms with E-state index in [1.54, 1.807) is 24.3 Å². The number of anilines is 1. The number of piperidine rings is 1. The van der Waals surface area contributed by atoms with E-state index in [4.69, 9.17) is 4.42 Å². The van der Waals surface area contributed by atoms with E-state index in [1.807, 2.05) is 19.1 Å². The number of rotatable bonds is 5. The van der Waals surface area contributed by atoms with Crippen molar-refractivity contribution in [1.29, 1.82) is 0 Å². The molecule has 1 fully saturated rings. The Labute approximate surface area is 196 Å². The molecule has 0 aliphatic carbocycles. The molecule has 1 N–H and O–H groups in total. The SMILES string of the molecule is CC1CCCN(S(=O)(=O)c2ccc(NC(=O)Cn3cnc4c(oc5ccccc54)c3=O)cc2)C1. The average Bonchev–Trinajstić information content (AvgIpc) is 3.21. The number of nitrogens with one attached hydrogen (secondary N) is 1. The van der Waals surface area contributed by atoms with Gasteiger partial charge in [-0.25, -0.2) is 13.4 Å². The zero-order valence-electron chi connectivity index (χ0n) is 18.6. The number of hydrogen-bond donors (Lipinski definition) is 1. The highest BCUT2D eigenvalue weighted by atomic mass is 32.2. The van der Waals surface area contributed by atoms with Crippen molar-refractivity contribution in [3.05, 3.63) is 65.2 Å². The van der Waals surface area contributed by atoms with Crippen LogP contribution in [0.4, 0.5) is 5.69 Å².